The van der Waals surface area contributed by atoms with Crippen molar-refractivity contribution >= 4 is 5.91 Å². The summed E-state index contributed by atoms with van der Waals surface area (Å²) in [4.78, 5) is 12.6. The van der Waals surface area contributed by atoms with Crippen LogP contribution in [0.3, 0.4) is 0 Å². The van der Waals surface area contributed by atoms with Gasteiger partial charge in [-0.05, 0) is 0 Å². The summed E-state index contributed by atoms with van der Waals surface area (Å²) in [5, 5.41) is 0. The van der Waals surface area contributed by atoms with E-state index in [0.717, 1.165) is 6.54 Å². The molecule has 2 nitrogen and oxygen atoms in total. The summed E-state index contributed by atoms with van der Waals surface area (Å²) in [7, 11) is 1.83. The van der Waals surface area contributed by atoms with Gasteiger partial charge in [0.1, 0.15) is 0 Å². The minimum Gasteiger partial charge on any atom is -0.345 e. The van der Waals surface area contributed by atoms with Crippen molar-refractivity contribution in [2.75, 3.05) is 13.6 Å². The van der Waals surface area contributed by atoms with Crippen LogP contribution in [-0.2, 0) is 4.79 Å². The van der Waals surface area contributed by atoms with E-state index in [0.29, 0.717) is 12.3 Å². The summed E-state index contributed by atoms with van der Waals surface area (Å²) in [5.74, 6) is 0.627. The second-order valence-electron chi connectivity index (χ2n) is 2.47. The van der Waals surface area contributed by atoms with Gasteiger partial charge in [0.15, 0.2) is 0 Å². The van der Waals surface area contributed by atoms with Crippen LogP contribution in [0.25, 0.3) is 0 Å². The highest BCUT2D eigenvalue weighted by Crippen LogP contribution is 2.15. The van der Waals surface area contributed by atoms with Gasteiger partial charge in [-0.25, -0.2) is 0 Å². The maximum absolute atomic E-state index is 10.8. The lowest BCUT2D eigenvalue weighted by atomic mass is 10.1. The summed E-state index contributed by atoms with van der Waals surface area (Å²) in [5.41, 5.74) is 0. The van der Waals surface area contributed by atoms with Crippen LogP contribution >= 0.6 is 0 Å². The third-order valence-electron chi connectivity index (χ3n) is 1.70. The van der Waals surface area contributed by atoms with Crippen molar-refractivity contribution in [1.29, 1.82) is 0 Å². The number of nitrogens with zero attached hydrogens (tertiary/aromatic N) is 1. The van der Waals surface area contributed by atoms with Gasteiger partial charge in [-0.2, -0.15) is 0 Å². The molecule has 0 aliphatic carbocycles. The molecule has 1 atom stereocenters. The van der Waals surface area contributed by atoms with E-state index in [2.05, 4.69) is 6.58 Å². The van der Waals surface area contributed by atoms with Crippen LogP contribution in [0.4, 0.5) is 0 Å². The quantitative estimate of drug-likeness (QED) is 0.471. The molecule has 0 saturated carbocycles. The zero-order valence-electron chi connectivity index (χ0n) is 5.63. The molecule has 0 aromatic carbocycles. The number of rotatable bonds is 1. The maximum Gasteiger partial charge on any atom is 0.222 e. The van der Waals surface area contributed by atoms with E-state index >= 15 is 0 Å². The first-order valence-corrected chi connectivity index (χ1v) is 3.10. The van der Waals surface area contributed by atoms with E-state index in [4.69, 9.17) is 0 Å². The molecule has 0 aromatic heterocycles. The molecular formula is C7H11NO. The summed E-state index contributed by atoms with van der Waals surface area (Å²) in [6.07, 6.45) is 2.50. The predicted molar refractivity (Wildman–Crippen MR) is 35.9 cm³/mol. The highest BCUT2D eigenvalue weighted by molar-refractivity contribution is 5.78. The van der Waals surface area contributed by atoms with Crippen LogP contribution in [0.15, 0.2) is 12.7 Å². The van der Waals surface area contributed by atoms with E-state index in [1.54, 1.807) is 4.90 Å². The lowest BCUT2D eigenvalue weighted by Crippen LogP contribution is -2.18. The Morgan fingerprint density at radius 2 is 2.56 bits per heavy atom. The first kappa shape index (κ1) is 6.33. The van der Waals surface area contributed by atoms with Crippen LogP contribution in [-0.4, -0.2) is 24.4 Å². The van der Waals surface area contributed by atoms with Crippen molar-refractivity contribution in [3.05, 3.63) is 12.7 Å². The second kappa shape index (κ2) is 2.21. The molecular weight excluding hydrogens is 114 g/mol. The van der Waals surface area contributed by atoms with Gasteiger partial charge >= 0.3 is 0 Å². The second-order valence-corrected chi connectivity index (χ2v) is 2.47. The molecule has 0 spiro atoms. The van der Waals surface area contributed by atoms with E-state index < -0.39 is 0 Å². The molecule has 50 valence electrons. The summed E-state index contributed by atoms with van der Waals surface area (Å²) < 4.78 is 0. The Labute approximate surface area is 55.2 Å². The lowest BCUT2D eigenvalue weighted by molar-refractivity contribution is -0.126. The van der Waals surface area contributed by atoms with Crippen molar-refractivity contribution < 1.29 is 4.79 Å². The molecule has 1 rings (SSSR count). The van der Waals surface area contributed by atoms with Gasteiger partial charge in [0, 0.05) is 25.9 Å². The molecule has 2 heteroatoms. The monoisotopic (exact) mass is 125 g/mol. The average molecular weight is 125 g/mol. The minimum absolute atomic E-state index is 0.236. The molecule has 1 saturated heterocycles. The van der Waals surface area contributed by atoms with Crippen LogP contribution in [0, 0.1) is 5.92 Å². The number of carbonyl (C=O) groups excluding carboxylic acids is 1. The van der Waals surface area contributed by atoms with E-state index in [1.807, 2.05) is 13.1 Å². The van der Waals surface area contributed by atoms with Gasteiger partial charge in [-0.3, -0.25) is 4.79 Å². The van der Waals surface area contributed by atoms with Crippen LogP contribution in [0.2, 0.25) is 0 Å². The van der Waals surface area contributed by atoms with Gasteiger partial charge in [-0.15, -0.1) is 6.58 Å². The Morgan fingerprint density at radius 1 is 1.89 bits per heavy atom. The molecule has 9 heavy (non-hydrogen) atoms. The van der Waals surface area contributed by atoms with Crippen molar-refractivity contribution in [2.24, 2.45) is 5.92 Å². The van der Waals surface area contributed by atoms with Crippen molar-refractivity contribution in [1.82, 2.24) is 4.90 Å². The molecule has 1 heterocycles. The Balaban J connectivity index is 2.53. The molecule has 0 bridgehead atoms. The van der Waals surface area contributed by atoms with Crippen LogP contribution in [0.5, 0.6) is 0 Å². The highest BCUT2D eigenvalue weighted by Gasteiger charge is 2.23. The number of carbonyl (C=O) groups is 1. The third-order valence-corrected chi connectivity index (χ3v) is 1.70. The molecule has 0 aromatic rings. The van der Waals surface area contributed by atoms with Crippen molar-refractivity contribution in [3.8, 4) is 0 Å². The first-order valence-electron chi connectivity index (χ1n) is 3.10. The van der Waals surface area contributed by atoms with Gasteiger partial charge in [-0.1, -0.05) is 6.08 Å². The van der Waals surface area contributed by atoms with Crippen molar-refractivity contribution in [2.45, 2.75) is 6.42 Å². The summed E-state index contributed by atoms with van der Waals surface area (Å²) in [6.45, 7) is 4.48. The smallest absolute Gasteiger partial charge is 0.222 e. The zero-order chi connectivity index (χ0) is 6.85. The molecule has 1 aliphatic rings. The molecule has 1 fully saturated rings. The fourth-order valence-corrected chi connectivity index (χ4v) is 1.06. The minimum atomic E-state index is 0.236. The fraction of sp³-hybridized carbons (Fsp3) is 0.571. The van der Waals surface area contributed by atoms with Gasteiger partial charge < -0.3 is 4.90 Å². The fourth-order valence-electron chi connectivity index (χ4n) is 1.06. The van der Waals surface area contributed by atoms with Crippen molar-refractivity contribution in [3.63, 3.8) is 0 Å². The highest BCUT2D eigenvalue weighted by atomic mass is 16.2. The Kier molecular flexibility index (Phi) is 1.56. The molecule has 1 aliphatic heterocycles. The Hall–Kier alpha value is -0.790. The number of hydrogen-bond acceptors (Lipinski definition) is 1. The molecule has 1 amide bonds. The van der Waals surface area contributed by atoms with Gasteiger partial charge in [0.05, 0.1) is 0 Å². The number of hydrogen-bond donors (Lipinski definition) is 0. The molecule has 0 radical (unpaired) electrons. The Morgan fingerprint density at radius 3 is 2.78 bits per heavy atom. The largest absolute Gasteiger partial charge is 0.345 e. The predicted octanol–water partition coefficient (Wildman–Crippen LogP) is 0.651. The lowest BCUT2D eigenvalue weighted by Gasteiger charge is -2.05. The molecule has 0 unspecified atom stereocenters. The number of likely N-dealkylation sites (tertiary alicyclic amines) is 1. The molecule has 0 N–H and O–H groups in total. The first-order chi connectivity index (χ1) is 4.24. The summed E-state index contributed by atoms with van der Waals surface area (Å²) >= 11 is 0. The van der Waals surface area contributed by atoms with E-state index in [9.17, 15) is 4.79 Å². The van der Waals surface area contributed by atoms with Crippen LogP contribution < -0.4 is 0 Å². The van der Waals surface area contributed by atoms with E-state index in [1.165, 1.54) is 0 Å². The average Bonchev–Trinajstić information content (AvgIpc) is 2.13. The topological polar surface area (TPSA) is 20.3 Å². The normalized spacial score (nSPS) is 27.0. The Bertz CT molecular complexity index is 142. The maximum atomic E-state index is 10.8. The van der Waals surface area contributed by atoms with Gasteiger partial charge in [0.2, 0.25) is 5.91 Å². The number of amides is 1. The zero-order valence-corrected chi connectivity index (χ0v) is 5.63. The summed E-state index contributed by atoms with van der Waals surface area (Å²) in [6, 6.07) is 0. The van der Waals surface area contributed by atoms with E-state index in [-0.39, 0.29) is 5.91 Å². The SMILES string of the molecule is C=C[C@@H]1CC(=O)N(C)C1. The third kappa shape index (κ3) is 1.12. The van der Waals surface area contributed by atoms with Gasteiger partial charge in [0.25, 0.3) is 0 Å². The standard InChI is InChI=1S/C7H11NO/c1-3-6-4-7(9)8(2)5-6/h3,6H,1,4-5H2,2H3/t6-/m1/s1. The van der Waals surface area contributed by atoms with Crippen LogP contribution in [0.1, 0.15) is 6.42 Å².